The minimum Gasteiger partial charge on any atom is -0.447 e. The van der Waals surface area contributed by atoms with Crippen molar-refractivity contribution in [1.29, 1.82) is 0 Å². The summed E-state index contributed by atoms with van der Waals surface area (Å²) in [5.74, 6) is 0. The third-order valence-electron chi connectivity index (χ3n) is 5.12. The van der Waals surface area contributed by atoms with Crippen molar-refractivity contribution in [3.05, 3.63) is 24.3 Å². The summed E-state index contributed by atoms with van der Waals surface area (Å²) < 4.78 is 10.9. The highest BCUT2D eigenvalue weighted by Gasteiger charge is 2.37. The van der Waals surface area contributed by atoms with Crippen molar-refractivity contribution in [2.45, 2.75) is 37.8 Å². The van der Waals surface area contributed by atoms with E-state index in [1.54, 1.807) is 4.90 Å². The van der Waals surface area contributed by atoms with E-state index in [1.807, 2.05) is 29.2 Å². The highest BCUT2D eigenvalue weighted by atomic mass is 16.6. The standard InChI is InChI=1S/C18H23N3O4/c22-17(21-8-3-10-24-16-7-2-6-15(16)21)19-13-4-1-5-14(12-13)20-9-11-25-18(20)23/h1,4-5,12,15-16H,2-3,6-11H2,(H,19,22)/t15-,16-/m1/s1. The van der Waals surface area contributed by atoms with Gasteiger partial charge < -0.3 is 19.7 Å². The van der Waals surface area contributed by atoms with E-state index in [1.165, 1.54) is 0 Å². The Morgan fingerprint density at radius 2 is 2.08 bits per heavy atom. The number of hydrogen-bond acceptors (Lipinski definition) is 4. The largest absolute Gasteiger partial charge is 0.447 e. The lowest BCUT2D eigenvalue weighted by molar-refractivity contribution is 0.0413. The first-order chi connectivity index (χ1) is 12.2. The van der Waals surface area contributed by atoms with Crippen molar-refractivity contribution in [1.82, 2.24) is 4.90 Å². The van der Waals surface area contributed by atoms with Gasteiger partial charge in [0.25, 0.3) is 0 Å². The second-order valence-electron chi connectivity index (χ2n) is 6.70. The maximum atomic E-state index is 12.8. The topological polar surface area (TPSA) is 71.1 Å². The molecule has 3 fully saturated rings. The van der Waals surface area contributed by atoms with Crippen LogP contribution in [0.4, 0.5) is 21.0 Å². The molecule has 7 nitrogen and oxygen atoms in total. The van der Waals surface area contributed by atoms with E-state index in [-0.39, 0.29) is 24.3 Å². The number of urea groups is 1. The zero-order valence-corrected chi connectivity index (χ0v) is 14.1. The van der Waals surface area contributed by atoms with Gasteiger partial charge in [-0.3, -0.25) is 4.90 Å². The summed E-state index contributed by atoms with van der Waals surface area (Å²) >= 11 is 0. The van der Waals surface area contributed by atoms with Crippen LogP contribution in [0.5, 0.6) is 0 Å². The Balaban J connectivity index is 1.47. The van der Waals surface area contributed by atoms with Crippen molar-refractivity contribution < 1.29 is 19.1 Å². The van der Waals surface area contributed by atoms with Crippen LogP contribution in [0.25, 0.3) is 0 Å². The first-order valence-electron chi connectivity index (χ1n) is 8.96. The lowest BCUT2D eigenvalue weighted by atomic mass is 10.2. The molecule has 4 rings (SSSR count). The highest BCUT2D eigenvalue weighted by molar-refractivity contribution is 5.93. The lowest BCUT2D eigenvalue weighted by Crippen LogP contribution is -2.45. The molecule has 0 radical (unpaired) electrons. The lowest BCUT2D eigenvalue weighted by Gasteiger charge is -2.30. The van der Waals surface area contributed by atoms with E-state index in [0.717, 1.165) is 38.0 Å². The number of benzene rings is 1. The fourth-order valence-electron chi connectivity index (χ4n) is 3.92. The number of anilines is 2. The van der Waals surface area contributed by atoms with Crippen molar-refractivity contribution >= 4 is 23.5 Å². The van der Waals surface area contributed by atoms with Gasteiger partial charge in [-0.2, -0.15) is 0 Å². The number of amides is 3. The zero-order chi connectivity index (χ0) is 17.2. The Kier molecular flexibility index (Phi) is 4.48. The smallest absolute Gasteiger partial charge is 0.414 e. The molecular weight excluding hydrogens is 322 g/mol. The van der Waals surface area contributed by atoms with Crippen LogP contribution in [0.2, 0.25) is 0 Å². The Bertz CT molecular complexity index is 665. The number of nitrogens with one attached hydrogen (secondary N) is 1. The molecule has 1 aliphatic carbocycles. The molecule has 1 aromatic rings. The van der Waals surface area contributed by atoms with Crippen LogP contribution >= 0.6 is 0 Å². The van der Waals surface area contributed by atoms with Gasteiger partial charge in [-0.25, -0.2) is 9.59 Å². The Hall–Kier alpha value is -2.28. The van der Waals surface area contributed by atoms with Crippen molar-refractivity contribution in [3.8, 4) is 0 Å². The minimum absolute atomic E-state index is 0.0939. The molecule has 3 aliphatic rings. The first-order valence-corrected chi connectivity index (χ1v) is 8.96. The predicted octanol–water partition coefficient (Wildman–Crippen LogP) is 2.82. The molecule has 1 saturated carbocycles. The summed E-state index contributed by atoms with van der Waals surface area (Å²) in [4.78, 5) is 28.0. The minimum atomic E-state index is -0.345. The SMILES string of the molecule is O=C1OCCN1c1cccc(NC(=O)N2CCCO[C@@H]3CCC[C@H]32)c1. The number of carbonyl (C=O) groups is 2. The van der Waals surface area contributed by atoms with E-state index in [4.69, 9.17) is 9.47 Å². The molecule has 2 atom stereocenters. The molecule has 2 saturated heterocycles. The molecule has 0 spiro atoms. The quantitative estimate of drug-likeness (QED) is 0.895. The van der Waals surface area contributed by atoms with Crippen molar-refractivity contribution in [3.63, 3.8) is 0 Å². The molecule has 25 heavy (non-hydrogen) atoms. The maximum Gasteiger partial charge on any atom is 0.414 e. The molecule has 134 valence electrons. The Labute approximate surface area is 146 Å². The predicted molar refractivity (Wildman–Crippen MR) is 92.9 cm³/mol. The third-order valence-corrected chi connectivity index (χ3v) is 5.12. The Morgan fingerprint density at radius 3 is 2.92 bits per heavy atom. The van der Waals surface area contributed by atoms with E-state index in [0.29, 0.717) is 25.4 Å². The fraction of sp³-hybridized carbons (Fsp3) is 0.556. The number of cyclic esters (lactones) is 1. The highest BCUT2D eigenvalue weighted by Crippen LogP contribution is 2.30. The van der Waals surface area contributed by atoms with Gasteiger partial charge in [0, 0.05) is 24.5 Å². The number of nitrogens with zero attached hydrogens (tertiary/aromatic N) is 2. The molecule has 2 heterocycles. The van der Waals surface area contributed by atoms with Crippen LogP contribution < -0.4 is 10.2 Å². The van der Waals surface area contributed by atoms with Gasteiger partial charge in [0.15, 0.2) is 0 Å². The molecule has 0 bridgehead atoms. The van der Waals surface area contributed by atoms with E-state index < -0.39 is 0 Å². The second kappa shape index (κ2) is 6.92. The van der Waals surface area contributed by atoms with E-state index in [9.17, 15) is 9.59 Å². The summed E-state index contributed by atoms with van der Waals surface area (Å²) in [7, 11) is 0. The number of rotatable bonds is 2. The van der Waals surface area contributed by atoms with E-state index >= 15 is 0 Å². The van der Waals surface area contributed by atoms with Gasteiger partial charge in [0.2, 0.25) is 0 Å². The summed E-state index contributed by atoms with van der Waals surface area (Å²) in [5.41, 5.74) is 1.42. The number of ether oxygens (including phenoxy) is 2. The number of fused-ring (bicyclic) bond motifs is 1. The average Bonchev–Trinajstić information content (AvgIpc) is 3.20. The van der Waals surface area contributed by atoms with Crippen LogP contribution in [0, 0.1) is 0 Å². The monoisotopic (exact) mass is 345 g/mol. The van der Waals surface area contributed by atoms with Gasteiger partial charge in [-0.05, 0) is 43.9 Å². The van der Waals surface area contributed by atoms with E-state index in [2.05, 4.69) is 5.32 Å². The van der Waals surface area contributed by atoms with Gasteiger partial charge in [-0.1, -0.05) is 6.07 Å². The normalized spacial score (nSPS) is 26.2. The number of hydrogen-bond donors (Lipinski definition) is 1. The van der Waals surface area contributed by atoms with Gasteiger partial charge >= 0.3 is 12.1 Å². The van der Waals surface area contributed by atoms with Gasteiger partial charge in [0.1, 0.15) is 6.61 Å². The molecule has 3 amide bonds. The zero-order valence-electron chi connectivity index (χ0n) is 14.1. The van der Waals surface area contributed by atoms with Crippen molar-refractivity contribution in [2.75, 3.05) is 36.5 Å². The summed E-state index contributed by atoms with van der Waals surface area (Å²) in [6.45, 7) is 2.36. The van der Waals surface area contributed by atoms with Crippen LogP contribution in [-0.2, 0) is 9.47 Å². The van der Waals surface area contributed by atoms with Crippen LogP contribution in [0.15, 0.2) is 24.3 Å². The average molecular weight is 345 g/mol. The summed E-state index contributed by atoms with van der Waals surface area (Å²) in [5, 5.41) is 2.98. The maximum absolute atomic E-state index is 12.8. The van der Waals surface area contributed by atoms with Crippen LogP contribution in [0.3, 0.4) is 0 Å². The Morgan fingerprint density at radius 1 is 1.16 bits per heavy atom. The molecular formula is C18H23N3O4. The van der Waals surface area contributed by atoms with Crippen LogP contribution in [-0.4, -0.2) is 55.5 Å². The van der Waals surface area contributed by atoms with Gasteiger partial charge in [-0.15, -0.1) is 0 Å². The van der Waals surface area contributed by atoms with Crippen LogP contribution in [0.1, 0.15) is 25.7 Å². The summed E-state index contributed by atoms with van der Waals surface area (Å²) in [6, 6.07) is 7.40. The molecule has 7 heteroatoms. The number of carbonyl (C=O) groups excluding carboxylic acids is 2. The fourth-order valence-corrected chi connectivity index (χ4v) is 3.92. The van der Waals surface area contributed by atoms with Crippen molar-refractivity contribution in [2.24, 2.45) is 0 Å². The molecule has 1 N–H and O–H groups in total. The third kappa shape index (κ3) is 3.28. The molecule has 2 aliphatic heterocycles. The molecule has 0 unspecified atom stereocenters. The first kappa shape index (κ1) is 16.2. The second-order valence-corrected chi connectivity index (χ2v) is 6.70. The molecule has 1 aromatic carbocycles. The molecule has 0 aromatic heterocycles. The summed E-state index contributed by atoms with van der Waals surface area (Å²) in [6.07, 6.45) is 3.81. The van der Waals surface area contributed by atoms with Gasteiger partial charge in [0.05, 0.1) is 18.7 Å².